The lowest BCUT2D eigenvalue weighted by Gasteiger charge is -2.35. The van der Waals surface area contributed by atoms with Crippen molar-refractivity contribution in [3.8, 4) is 0 Å². The molecule has 0 saturated carbocycles. The van der Waals surface area contributed by atoms with Crippen LogP contribution in [0.15, 0.2) is 10.6 Å². The van der Waals surface area contributed by atoms with Gasteiger partial charge in [-0.05, 0) is 32.4 Å². The van der Waals surface area contributed by atoms with E-state index in [1.165, 1.54) is 25.7 Å². The molecular formula is C15H27N3O2. The molecule has 0 bridgehead atoms. The maximum atomic E-state index is 5.26. The maximum Gasteiger partial charge on any atom is 0.162 e. The average Bonchev–Trinajstić information content (AvgIpc) is 2.89. The number of hydrogen-bond acceptors (Lipinski definition) is 5. The van der Waals surface area contributed by atoms with Gasteiger partial charge in [0.1, 0.15) is 6.61 Å². The fraction of sp³-hybridized carbons (Fsp3) is 0.800. The van der Waals surface area contributed by atoms with Crippen molar-refractivity contribution >= 4 is 0 Å². The summed E-state index contributed by atoms with van der Waals surface area (Å²) in [6.45, 7) is 6.92. The quantitative estimate of drug-likeness (QED) is 0.740. The molecular weight excluding hydrogens is 254 g/mol. The number of rotatable bonds is 8. The van der Waals surface area contributed by atoms with Crippen LogP contribution in [-0.2, 0) is 17.9 Å². The highest BCUT2D eigenvalue weighted by Gasteiger charge is 2.23. The summed E-state index contributed by atoms with van der Waals surface area (Å²) in [6.07, 6.45) is 5.09. The van der Waals surface area contributed by atoms with Gasteiger partial charge < -0.3 is 14.6 Å². The van der Waals surface area contributed by atoms with Gasteiger partial charge in [-0.1, -0.05) is 18.5 Å². The second-order valence-corrected chi connectivity index (χ2v) is 5.54. The number of aromatic nitrogens is 1. The molecule has 20 heavy (non-hydrogen) atoms. The van der Waals surface area contributed by atoms with E-state index in [4.69, 9.17) is 9.26 Å². The lowest BCUT2D eigenvalue weighted by Crippen LogP contribution is -2.45. The molecule has 1 aromatic rings. The first-order valence-corrected chi connectivity index (χ1v) is 7.71. The van der Waals surface area contributed by atoms with Gasteiger partial charge in [0.15, 0.2) is 5.76 Å². The van der Waals surface area contributed by atoms with Crippen LogP contribution in [0.4, 0.5) is 0 Å². The SMILES string of the molecule is CCCNCC1CCCCN1Cc1cc(COC)on1. The molecule has 1 atom stereocenters. The van der Waals surface area contributed by atoms with Crippen LogP contribution in [0.25, 0.3) is 0 Å². The number of likely N-dealkylation sites (tertiary alicyclic amines) is 1. The summed E-state index contributed by atoms with van der Waals surface area (Å²) in [4.78, 5) is 2.53. The minimum Gasteiger partial charge on any atom is -0.377 e. The molecule has 1 N–H and O–H groups in total. The van der Waals surface area contributed by atoms with Crippen molar-refractivity contribution in [1.29, 1.82) is 0 Å². The van der Waals surface area contributed by atoms with Gasteiger partial charge in [0.2, 0.25) is 0 Å². The maximum absolute atomic E-state index is 5.26. The second-order valence-electron chi connectivity index (χ2n) is 5.54. The van der Waals surface area contributed by atoms with Crippen LogP contribution < -0.4 is 5.32 Å². The standard InChI is InChI=1S/C15H27N3O2/c1-3-7-16-10-14-6-4-5-8-18(14)11-13-9-15(12-19-2)20-17-13/h9,14,16H,3-8,10-12H2,1-2H3. The van der Waals surface area contributed by atoms with Crippen LogP contribution in [0.1, 0.15) is 44.1 Å². The minimum atomic E-state index is 0.495. The van der Waals surface area contributed by atoms with E-state index in [-0.39, 0.29) is 0 Å². The van der Waals surface area contributed by atoms with E-state index in [9.17, 15) is 0 Å². The van der Waals surface area contributed by atoms with Crippen molar-refractivity contribution in [3.63, 3.8) is 0 Å². The van der Waals surface area contributed by atoms with Gasteiger partial charge in [-0.25, -0.2) is 0 Å². The lowest BCUT2D eigenvalue weighted by molar-refractivity contribution is 0.133. The van der Waals surface area contributed by atoms with E-state index in [1.54, 1.807) is 7.11 Å². The highest BCUT2D eigenvalue weighted by atomic mass is 16.5. The smallest absolute Gasteiger partial charge is 0.162 e. The van der Waals surface area contributed by atoms with Crippen molar-refractivity contribution in [2.45, 2.75) is 51.8 Å². The van der Waals surface area contributed by atoms with Crippen LogP contribution in [-0.4, -0.2) is 42.8 Å². The fourth-order valence-corrected chi connectivity index (χ4v) is 2.79. The first-order valence-electron chi connectivity index (χ1n) is 7.71. The van der Waals surface area contributed by atoms with Crippen molar-refractivity contribution in [2.75, 3.05) is 26.7 Å². The van der Waals surface area contributed by atoms with Crippen molar-refractivity contribution in [2.24, 2.45) is 0 Å². The normalized spacial score (nSPS) is 20.4. The van der Waals surface area contributed by atoms with Gasteiger partial charge in [-0.3, -0.25) is 4.90 Å². The van der Waals surface area contributed by atoms with Gasteiger partial charge in [0.25, 0.3) is 0 Å². The van der Waals surface area contributed by atoms with E-state index >= 15 is 0 Å². The highest BCUT2D eigenvalue weighted by molar-refractivity contribution is 5.05. The Morgan fingerprint density at radius 3 is 3.20 bits per heavy atom. The molecule has 1 unspecified atom stereocenters. The number of methoxy groups -OCH3 is 1. The molecule has 5 nitrogen and oxygen atoms in total. The molecule has 1 saturated heterocycles. The summed E-state index contributed by atoms with van der Waals surface area (Å²) >= 11 is 0. The third-order valence-electron chi connectivity index (χ3n) is 3.82. The molecule has 2 rings (SSSR count). The summed E-state index contributed by atoms with van der Waals surface area (Å²) < 4.78 is 10.3. The Morgan fingerprint density at radius 1 is 1.50 bits per heavy atom. The lowest BCUT2D eigenvalue weighted by atomic mass is 10.0. The van der Waals surface area contributed by atoms with Crippen LogP contribution >= 0.6 is 0 Å². The largest absolute Gasteiger partial charge is 0.377 e. The Kier molecular flexibility index (Phi) is 6.50. The molecule has 1 aliphatic heterocycles. The summed E-state index contributed by atoms with van der Waals surface area (Å²) in [5.41, 5.74) is 1.01. The Bertz CT molecular complexity index is 381. The zero-order valence-corrected chi connectivity index (χ0v) is 12.7. The molecule has 1 aliphatic rings. The van der Waals surface area contributed by atoms with Gasteiger partial charge in [0.05, 0.1) is 5.69 Å². The highest BCUT2D eigenvalue weighted by Crippen LogP contribution is 2.19. The Hall–Kier alpha value is -0.910. The number of ether oxygens (including phenoxy) is 1. The van der Waals surface area contributed by atoms with Crippen LogP contribution in [0.2, 0.25) is 0 Å². The van der Waals surface area contributed by atoms with E-state index in [0.717, 1.165) is 37.6 Å². The zero-order valence-electron chi connectivity index (χ0n) is 12.7. The molecule has 1 fully saturated rings. The number of hydrogen-bond donors (Lipinski definition) is 1. The Morgan fingerprint density at radius 2 is 2.40 bits per heavy atom. The number of piperidine rings is 1. The predicted octanol–water partition coefficient (Wildman–Crippen LogP) is 2.18. The van der Waals surface area contributed by atoms with Crippen molar-refractivity contribution in [3.05, 3.63) is 17.5 Å². The van der Waals surface area contributed by atoms with Crippen LogP contribution in [0.3, 0.4) is 0 Å². The Labute approximate surface area is 121 Å². The number of nitrogens with one attached hydrogen (secondary N) is 1. The van der Waals surface area contributed by atoms with Gasteiger partial charge in [0, 0.05) is 32.3 Å². The monoisotopic (exact) mass is 281 g/mol. The summed E-state index contributed by atoms with van der Waals surface area (Å²) in [5.74, 6) is 0.806. The van der Waals surface area contributed by atoms with Crippen molar-refractivity contribution < 1.29 is 9.26 Å². The molecule has 0 aliphatic carbocycles. The Balaban J connectivity index is 1.86. The summed E-state index contributed by atoms with van der Waals surface area (Å²) in [7, 11) is 1.67. The first kappa shape index (κ1) is 15.5. The zero-order chi connectivity index (χ0) is 14.2. The molecule has 1 aromatic heterocycles. The van der Waals surface area contributed by atoms with Gasteiger partial charge in [-0.15, -0.1) is 0 Å². The van der Waals surface area contributed by atoms with E-state index < -0.39 is 0 Å². The topological polar surface area (TPSA) is 50.5 Å². The number of nitrogens with zero attached hydrogens (tertiary/aromatic N) is 2. The summed E-state index contributed by atoms with van der Waals surface area (Å²) in [5, 5.41) is 7.68. The minimum absolute atomic E-state index is 0.495. The van der Waals surface area contributed by atoms with Crippen molar-refractivity contribution in [1.82, 2.24) is 15.4 Å². The van der Waals surface area contributed by atoms with Gasteiger partial charge >= 0.3 is 0 Å². The molecule has 5 heteroatoms. The molecule has 2 heterocycles. The van der Waals surface area contributed by atoms with Gasteiger partial charge in [-0.2, -0.15) is 0 Å². The molecule has 0 amide bonds. The fourth-order valence-electron chi connectivity index (χ4n) is 2.79. The molecule has 0 spiro atoms. The summed E-state index contributed by atoms with van der Waals surface area (Å²) in [6, 6.07) is 2.63. The van der Waals surface area contributed by atoms with E-state index in [2.05, 4.69) is 22.3 Å². The van der Waals surface area contributed by atoms with E-state index in [0.29, 0.717) is 12.6 Å². The molecule has 0 radical (unpaired) electrons. The van der Waals surface area contributed by atoms with Crippen LogP contribution in [0, 0.1) is 0 Å². The average molecular weight is 281 g/mol. The third-order valence-corrected chi connectivity index (χ3v) is 3.82. The molecule has 0 aromatic carbocycles. The predicted molar refractivity (Wildman–Crippen MR) is 78.4 cm³/mol. The third kappa shape index (κ3) is 4.58. The van der Waals surface area contributed by atoms with Crippen LogP contribution in [0.5, 0.6) is 0 Å². The first-order chi connectivity index (χ1) is 9.83. The second kappa shape index (κ2) is 8.39. The van der Waals surface area contributed by atoms with E-state index in [1.807, 2.05) is 6.07 Å². The molecule has 114 valence electrons.